The second kappa shape index (κ2) is 6.00. The lowest BCUT2D eigenvalue weighted by molar-refractivity contribution is -0.131. The normalized spacial score (nSPS) is 19.3. The van der Waals surface area contributed by atoms with E-state index in [0.717, 1.165) is 54.0 Å². The summed E-state index contributed by atoms with van der Waals surface area (Å²) in [5.74, 6) is 0.686. The number of aromatic nitrogens is 6. The van der Waals surface area contributed by atoms with Crippen LogP contribution < -0.4 is 5.32 Å². The zero-order valence-corrected chi connectivity index (χ0v) is 15.4. The fourth-order valence-electron chi connectivity index (χ4n) is 4.39. The van der Waals surface area contributed by atoms with Crippen molar-refractivity contribution in [3.8, 4) is 11.3 Å². The van der Waals surface area contributed by atoms with Gasteiger partial charge in [-0.3, -0.25) is 0 Å². The minimum atomic E-state index is 0.434. The number of anilines is 1. The summed E-state index contributed by atoms with van der Waals surface area (Å²) in [6.07, 6.45) is 12.2. The molecule has 6 rings (SSSR count). The number of hydrogen-bond donors (Lipinski definition) is 2. The molecule has 2 fully saturated rings. The van der Waals surface area contributed by atoms with Crippen molar-refractivity contribution in [3.63, 3.8) is 0 Å². The average Bonchev–Trinajstić information content (AvgIpc) is 3.33. The van der Waals surface area contributed by atoms with E-state index in [-0.39, 0.29) is 0 Å². The van der Waals surface area contributed by atoms with Crippen LogP contribution in [0.3, 0.4) is 0 Å². The summed E-state index contributed by atoms with van der Waals surface area (Å²) in [6, 6.07) is 4.28. The summed E-state index contributed by atoms with van der Waals surface area (Å²) in [5, 5.41) is 8.68. The van der Waals surface area contributed by atoms with Gasteiger partial charge in [0.1, 0.15) is 5.65 Å². The molecule has 5 heterocycles. The molecule has 2 aliphatic rings. The fraction of sp³-hybridized carbons (Fsp3) is 0.400. The van der Waals surface area contributed by atoms with Crippen LogP contribution in [-0.2, 0) is 4.74 Å². The molecule has 4 aromatic heterocycles. The van der Waals surface area contributed by atoms with Gasteiger partial charge in [0.2, 0.25) is 5.95 Å². The molecule has 0 atom stereocenters. The molecule has 0 amide bonds. The van der Waals surface area contributed by atoms with E-state index in [0.29, 0.717) is 17.4 Å². The van der Waals surface area contributed by atoms with Crippen molar-refractivity contribution in [2.24, 2.45) is 5.41 Å². The van der Waals surface area contributed by atoms with Gasteiger partial charge in [-0.25, -0.2) is 14.5 Å². The Hall–Kier alpha value is -3.00. The summed E-state index contributed by atoms with van der Waals surface area (Å²) in [7, 11) is 0. The highest BCUT2D eigenvalue weighted by atomic mass is 16.5. The summed E-state index contributed by atoms with van der Waals surface area (Å²) in [4.78, 5) is 17.2. The largest absolute Gasteiger partial charge is 0.380 e. The van der Waals surface area contributed by atoms with Crippen molar-refractivity contribution < 1.29 is 4.74 Å². The summed E-state index contributed by atoms with van der Waals surface area (Å²) >= 11 is 0. The average molecular weight is 375 g/mol. The minimum Gasteiger partial charge on any atom is -0.380 e. The van der Waals surface area contributed by atoms with Gasteiger partial charge < -0.3 is 15.0 Å². The second-order valence-corrected chi connectivity index (χ2v) is 8.02. The Morgan fingerprint density at radius 1 is 1.18 bits per heavy atom. The Labute approximate surface area is 161 Å². The van der Waals surface area contributed by atoms with E-state index in [1.807, 2.05) is 30.7 Å². The van der Waals surface area contributed by atoms with Gasteiger partial charge in [0.25, 0.3) is 0 Å². The van der Waals surface area contributed by atoms with Crippen LogP contribution in [0, 0.1) is 5.41 Å². The number of nitrogens with one attached hydrogen (secondary N) is 2. The highest BCUT2D eigenvalue weighted by Crippen LogP contribution is 2.42. The maximum Gasteiger partial charge on any atom is 0.224 e. The van der Waals surface area contributed by atoms with Crippen LogP contribution in [0.15, 0.2) is 36.9 Å². The second-order valence-electron chi connectivity index (χ2n) is 8.02. The highest BCUT2D eigenvalue weighted by Gasteiger charge is 2.41. The van der Waals surface area contributed by atoms with Crippen LogP contribution in [-0.4, -0.2) is 48.8 Å². The van der Waals surface area contributed by atoms with Crippen LogP contribution in [0.1, 0.15) is 25.7 Å². The third-order valence-corrected chi connectivity index (χ3v) is 6.16. The van der Waals surface area contributed by atoms with Crippen LogP contribution >= 0.6 is 0 Å². The van der Waals surface area contributed by atoms with Gasteiger partial charge in [0.15, 0.2) is 5.65 Å². The Morgan fingerprint density at radius 2 is 2.07 bits per heavy atom. The Morgan fingerprint density at radius 3 is 2.89 bits per heavy atom. The lowest BCUT2D eigenvalue weighted by atomic mass is 9.71. The quantitative estimate of drug-likeness (QED) is 0.572. The SMILES string of the molecule is c1cc2nc(-c3c[nH]c4nc(NC5CCC6(CC5)COC6)ncc34)ccn2n1. The van der Waals surface area contributed by atoms with Crippen molar-refractivity contribution in [2.75, 3.05) is 18.5 Å². The molecule has 8 heteroatoms. The number of H-pyrrole nitrogens is 1. The van der Waals surface area contributed by atoms with E-state index in [4.69, 9.17) is 9.72 Å². The van der Waals surface area contributed by atoms with Crippen LogP contribution in [0.2, 0.25) is 0 Å². The smallest absolute Gasteiger partial charge is 0.224 e. The predicted molar refractivity (Wildman–Crippen MR) is 105 cm³/mol. The van der Waals surface area contributed by atoms with E-state index >= 15 is 0 Å². The third kappa shape index (κ3) is 2.56. The first kappa shape index (κ1) is 16.0. The van der Waals surface area contributed by atoms with Crippen molar-refractivity contribution >= 4 is 22.6 Å². The fourth-order valence-corrected chi connectivity index (χ4v) is 4.39. The van der Waals surface area contributed by atoms with Crippen molar-refractivity contribution in [2.45, 2.75) is 31.7 Å². The lowest BCUT2D eigenvalue weighted by Gasteiger charge is -2.46. The number of fused-ring (bicyclic) bond motifs is 2. The maximum atomic E-state index is 5.42. The minimum absolute atomic E-state index is 0.434. The van der Waals surface area contributed by atoms with Crippen molar-refractivity contribution in [1.29, 1.82) is 0 Å². The molecule has 4 aromatic rings. The molecule has 2 N–H and O–H groups in total. The highest BCUT2D eigenvalue weighted by molar-refractivity contribution is 5.92. The molecule has 8 nitrogen and oxygen atoms in total. The van der Waals surface area contributed by atoms with Crippen LogP contribution in [0.5, 0.6) is 0 Å². The molecular weight excluding hydrogens is 354 g/mol. The molecule has 1 spiro atoms. The van der Waals surface area contributed by atoms with Gasteiger partial charge in [-0.15, -0.1) is 0 Å². The van der Waals surface area contributed by atoms with Gasteiger partial charge >= 0.3 is 0 Å². The van der Waals surface area contributed by atoms with E-state index in [1.54, 1.807) is 10.7 Å². The number of nitrogens with zero attached hydrogens (tertiary/aromatic N) is 5. The lowest BCUT2D eigenvalue weighted by Crippen LogP contribution is -2.47. The Bertz CT molecular complexity index is 1150. The first-order valence-corrected chi connectivity index (χ1v) is 9.77. The van der Waals surface area contributed by atoms with Gasteiger partial charge in [0.05, 0.1) is 25.1 Å². The zero-order valence-electron chi connectivity index (χ0n) is 15.4. The Kier molecular flexibility index (Phi) is 3.43. The first-order chi connectivity index (χ1) is 13.8. The predicted octanol–water partition coefficient (Wildman–Crippen LogP) is 3.04. The molecular formula is C20H21N7O. The monoisotopic (exact) mass is 375 g/mol. The molecule has 1 aliphatic carbocycles. The maximum absolute atomic E-state index is 5.42. The van der Waals surface area contributed by atoms with Gasteiger partial charge in [-0.2, -0.15) is 10.1 Å². The van der Waals surface area contributed by atoms with Crippen LogP contribution in [0.25, 0.3) is 27.9 Å². The van der Waals surface area contributed by atoms with Gasteiger partial charge in [0, 0.05) is 47.1 Å². The number of aromatic amines is 1. The topological polar surface area (TPSA) is 93.0 Å². The summed E-state index contributed by atoms with van der Waals surface area (Å²) in [5.41, 5.74) is 3.97. The standard InChI is InChI=1S/C20H21N7O/c1-5-20(11-28-12-20)6-2-13(1)24-19-22-10-15-14(9-21-18(15)26-19)16-4-8-27-17(25-16)3-7-23-27/h3-4,7-10,13H,1-2,5-6,11-12H2,(H2,21,22,24,26). The molecule has 1 aliphatic heterocycles. The Balaban J connectivity index is 1.24. The van der Waals surface area contributed by atoms with E-state index in [1.165, 1.54) is 12.8 Å². The van der Waals surface area contributed by atoms with E-state index < -0.39 is 0 Å². The molecule has 0 radical (unpaired) electrons. The number of rotatable bonds is 3. The van der Waals surface area contributed by atoms with E-state index in [2.05, 4.69) is 25.4 Å². The molecule has 142 valence electrons. The summed E-state index contributed by atoms with van der Waals surface area (Å²) < 4.78 is 7.17. The zero-order chi connectivity index (χ0) is 18.6. The van der Waals surface area contributed by atoms with Gasteiger partial charge in [-0.1, -0.05) is 0 Å². The first-order valence-electron chi connectivity index (χ1n) is 9.77. The molecule has 1 saturated carbocycles. The van der Waals surface area contributed by atoms with E-state index in [9.17, 15) is 0 Å². The molecule has 0 aromatic carbocycles. The summed E-state index contributed by atoms with van der Waals surface area (Å²) in [6.45, 7) is 1.87. The third-order valence-electron chi connectivity index (χ3n) is 6.16. The molecule has 0 unspecified atom stereocenters. The van der Waals surface area contributed by atoms with Crippen molar-refractivity contribution in [3.05, 3.63) is 36.9 Å². The van der Waals surface area contributed by atoms with Gasteiger partial charge in [-0.05, 0) is 31.7 Å². The number of ether oxygens (including phenoxy) is 1. The van der Waals surface area contributed by atoms with Crippen LogP contribution in [0.4, 0.5) is 5.95 Å². The molecule has 28 heavy (non-hydrogen) atoms. The van der Waals surface area contributed by atoms with Crippen molar-refractivity contribution in [1.82, 2.24) is 29.5 Å². The molecule has 0 bridgehead atoms. The molecule has 1 saturated heterocycles. The number of hydrogen-bond acceptors (Lipinski definition) is 6.